The average Bonchev–Trinajstić information content (AvgIpc) is 2.24. The monoisotopic (exact) mass is 255 g/mol. The quantitative estimate of drug-likeness (QED) is 0.849. The van der Waals surface area contributed by atoms with Crippen molar-refractivity contribution in [2.45, 2.75) is 36.7 Å². The Bertz CT molecular complexity index is 506. The summed E-state index contributed by atoms with van der Waals surface area (Å²) in [4.78, 5) is 0.280. The Morgan fingerprint density at radius 3 is 2.53 bits per heavy atom. The van der Waals surface area contributed by atoms with Crippen LogP contribution in [-0.4, -0.2) is 25.7 Å². The van der Waals surface area contributed by atoms with Crippen molar-refractivity contribution in [1.29, 1.82) is 0 Å². The standard InChI is InChI=1S/C12H17NO3S/c1-10-5-2-3-6-11(10)17(15,16)13-9-12(14)7-4-8-12/h2-3,5-6,13-14H,4,7-9H2,1H3. The number of benzene rings is 1. The molecule has 0 atom stereocenters. The van der Waals surface area contributed by atoms with Gasteiger partial charge in [-0.1, -0.05) is 18.2 Å². The summed E-state index contributed by atoms with van der Waals surface area (Å²) in [7, 11) is -3.51. The van der Waals surface area contributed by atoms with E-state index in [1.165, 1.54) is 0 Å². The zero-order valence-corrected chi connectivity index (χ0v) is 10.6. The minimum atomic E-state index is -3.51. The summed E-state index contributed by atoms with van der Waals surface area (Å²) in [6.07, 6.45) is 2.30. The molecule has 0 heterocycles. The van der Waals surface area contributed by atoms with Crippen molar-refractivity contribution in [3.05, 3.63) is 29.8 Å². The molecule has 94 valence electrons. The minimum Gasteiger partial charge on any atom is -0.389 e. The fraction of sp³-hybridized carbons (Fsp3) is 0.500. The third-order valence-electron chi connectivity index (χ3n) is 3.26. The van der Waals surface area contributed by atoms with Gasteiger partial charge in [0.2, 0.25) is 10.0 Å². The Balaban J connectivity index is 2.12. The zero-order chi connectivity index (χ0) is 12.5. The Labute approximate surface area is 102 Å². The predicted molar refractivity (Wildman–Crippen MR) is 65.2 cm³/mol. The average molecular weight is 255 g/mol. The molecular weight excluding hydrogens is 238 g/mol. The predicted octanol–water partition coefficient (Wildman–Crippen LogP) is 1.19. The molecule has 0 aromatic heterocycles. The van der Waals surface area contributed by atoms with Gasteiger partial charge in [0.15, 0.2) is 0 Å². The molecule has 2 rings (SSSR count). The first kappa shape index (κ1) is 12.5. The first-order valence-electron chi connectivity index (χ1n) is 5.71. The van der Waals surface area contributed by atoms with Crippen molar-refractivity contribution >= 4 is 10.0 Å². The summed E-state index contributed by atoms with van der Waals surface area (Å²) in [5.74, 6) is 0. The summed E-state index contributed by atoms with van der Waals surface area (Å²) in [6, 6.07) is 6.82. The van der Waals surface area contributed by atoms with Crippen LogP contribution in [-0.2, 0) is 10.0 Å². The summed E-state index contributed by atoms with van der Waals surface area (Å²) in [5.41, 5.74) is -0.129. The number of rotatable bonds is 4. The van der Waals surface area contributed by atoms with Crippen LogP contribution in [0.5, 0.6) is 0 Å². The van der Waals surface area contributed by atoms with Crippen LogP contribution < -0.4 is 4.72 Å². The van der Waals surface area contributed by atoms with Crippen molar-refractivity contribution in [1.82, 2.24) is 4.72 Å². The maximum Gasteiger partial charge on any atom is 0.240 e. The molecule has 1 fully saturated rings. The first-order valence-corrected chi connectivity index (χ1v) is 7.19. The number of hydrogen-bond donors (Lipinski definition) is 2. The van der Waals surface area contributed by atoms with Crippen molar-refractivity contribution in [2.75, 3.05) is 6.54 Å². The van der Waals surface area contributed by atoms with Gasteiger partial charge in [0.25, 0.3) is 0 Å². The van der Waals surface area contributed by atoms with Gasteiger partial charge in [-0.25, -0.2) is 13.1 Å². The van der Waals surface area contributed by atoms with Crippen LogP contribution >= 0.6 is 0 Å². The largest absolute Gasteiger partial charge is 0.389 e. The molecule has 17 heavy (non-hydrogen) atoms. The van der Waals surface area contributed by atoms with Crippen LogP contribution in [0, 0.1) is 6.92 Å². The van der Waals surface area contributed by atoms with E-state index < -0.39 is 15.6 Å². The summed E-state index contributed by atoms with van der Waals surface area (Å²) in [5, 5.41) is 9.86. The lowest BCUT2D eigenvalue weighted by Gasteiger charge is -2.36. The molecule has 0 bridgehead atoms. The van der Waals surface area contributed by atoms with Crippen molar-refractivity contribution in [2.24, 2.45) is 0 Å². The van der Waals surface area contributed by atoms with Gasteiger partial charge in [-0.05, 0) is 37.8 Å². The smallest absolute Gasteiger partial charge is 0.240 e. The van der Waals surface area contributed by atoms with Gasteiger partial charge >= 0.3 is 0 Å². The highest BCUT2D eigenvalue weighted by molar-refractivity contribution is 7.89. The lowest BCUT2D eigenvalue weighted by molar-refractivity contribution is -0.0270. The van der Waals surface area contributed by atoms with Crippen molar-refractivity contribution < 1.29 is 13.5 Å². The maximum absolute atomic E-state index is 12.0. The topological polar surface area (TPSA) is 66.4 Å². The van der Waals surface area contributed by atoms with Gasteiger partial charge in [0, 0.05) is 6.54 Å². The molecule has 0 amide bonds. The van der Waals surface area contributed by atoms with E-state index in [0.717, 1.165) is 6.42 Å². The molecule has 0 unspecified atom stereocenters. The number of nitrogens with one attached hydrogen (secondary N) is 1. The van der Waals surface area contributed by atoms with Crippen LogP contribution in [0.2, 0.25) is 0 Å². The second-order valence-corrected chi connectivity index (χ2v) is 6.40. The first-order chi connectivity index (χ1) is 7.93. The molecule has 2 N–H and O–H groups in total. The Morgan fingerprint density at radius 1 is 1.35 bits per heavy atom. The van der Waals surface area contributed by atoms with Gasteiger partial charge in [-0.2, -0.15) is 0 Å². The molecule has 0 spiro atoms. The minimum absolute atomic E-state index is 0.101. The zero-order valence-electron chi connectivity index (χ0n) is 9.81. The molecule has 5 heteroatoms. The van der Waals surface area contributed by atoms with E-state index in [2.05, 4.69) is 4.72 Å². The highest BCUT2D eigenvalue weighted by atomic mass is 32.2. The third-order valence-corrected chi connectivity index (χ3v) is 4.82. The van der Waals surface area contributed by atoms with Crippen LogP contribution in [0.3, 0.4) is 0 Å². The SMILES string of the molecule is Cc1ccccc1S(=O)(=O)NCC1(O)CCC1. The Morgan fingerprint density at radius 2 is 2.00 bits per heavy atom. The normalized spacial score (nSPS) is 18.7. The van der Waals surface area contributed by atoms with E-state index in [4.69, 9.17) is 0 Å². The third kappa shape index (κ3) is 2.68. The molecule has 1 aliphatic carbocycles. The molecule has 1 aromatic carbocycles. The molecule has 0 aliphatic heterocycles. The number of sulfonamides is 1. The number of aryl methyl sites for hydroxylation is 1. The van der Waals surface area contributed by atoms with Gasteiger partial charge in [0.1, 0.15) is 0 Å². The molecule has 0 saturated heterocycles. The Kier molecular flexibility index (Phi) is 3.25. The van der Waals surface area contributed by atoms with E-state index in [9.17, 15) is 13.5 Å². The lowest BCUT2D eigenvalue weighted by Crippen LogP contribution is -2.47. The van der Waals surface area contributed by atoms with Crippen molar-refractivity contribution in [3.8, 4) is 0 Å². The highest BCUT2D eigenvalue weighted by Gasteiger charge is 2.35. The van der Waals surface area contributed by atoms with Crippen LogP contribution in [0.4, 0.5) is 0 Å². The lowest BCUT2D eigenvalue weighted by atomic mass is 9.81. The molecule has 1 saturated carbocycles. The van der Waals surface area contributed by atoms with E-state index in [0.29, 0.717) is 18.4 Å². The van der Waals surface area contributed by atoms with E-state index in [-0.39, 0.29) is 11.4 Å². The van der Waals surface area contributed by atoms with E-state index >= 15 is 0 Å². The second kappa shape index (κ2) is 4.40. The van der Waals surface area contributed by atoms with E-state index in [1.54, 1.807) is 31.2 Å². The summed E-state index contributed by atoms with van der Waals surface area (Å²) < 4.78 is 26.5. The molecular formula is C12H17NO3S. The van der Waals surface area contributed by atoms with Gasteiger partial charge in [0.05, 0.1) is 10.5 Å². The van der Waals surface area contributed by atoms with Gasteiger partial charge in [-0.3, -0.25) is 0 Å². The van der Waals surface area contributed by atoms with Gasteiger partial charge in [-0.15, -0.1) is 0 Å². The van der Waals surface area contributed by atoms with Crippen LogP contribution in [0.25, 0.3) is 0 Å². The number of aliphatic hydroxyl groups is 1. The molecule has 1 aliphatic rings. The maximum atomic E-state index is 12.0. The highest BCUT2D eigenvalue weighted by Crippen LogP contribution is 2.31. The molecule has 1 aromatic rings. The molecule has 4 nitrogen and oxygen atoms in total. The van der Waals surface area contributed by atoms with Gasteiger partial charge < -0.3 is 5.11 Å². The van der Waals surface area contributed by atoms with E-state index in [1.807, 2.05) is 0 Å². The Hall–Kier alpha value is -0.910. The fourth-order valence-electron chi connectivity index (χ4n) is 1.93. The summed E-state index contributed by atoms with van der Waals surface area (Å²) in [6.45, 7) is 1.86. The van der Waals surface area contributed by atoms with Crippen LogP contribution in [0.15, 0.2) is 29.2 Å². The number of hydrogen-bond acceptors (Lipinski definition) is 3. The van der Waals surface area contributed by atoms with Crippen molar-refractivity contribution in [3.63, 3.8) is 0 Å². The molecule has 0 radical (unpaired) electrons. The summed E-state index contributed by atoms with van der Waals surface area (Å²) >= 11 is 0. The fourth-order valence-corrected chi connectivity index (χ4v) is 3.29. The van der Waals surface area contributed by atoms with Crippen LogP contribution in [0.1, 0.15) is 24.8 Å². The second-order valence-electron chi connectivity index (χ2n) is 4.67.